The molecule has 2 aliphatic rings. The van der Waals surface area contributed by atoms with Crippen LogP contribution in [0.4, 0.5) is 0 Å². The minimum atomic E-state index is -0.913. The molecular weight excluding hydrogens is 354 g/mol. The van der Waals surface area contributed by atoms with Gasteiger partial charge in [-0.15, -0.1) is 0 Å². The summed E-state index contributed by atoms with van der Waals surface area (Å²) >= 11 is 0. The van der Waals surface area contributed by atoms with Gasteiger partial charge in [0.2, 0.25) is 11.9 Å². The zero-order valence-corrected chi connectivity index (χ0v) is 17.2. The summed E-state index contributed by atoms with van der Waals surface area (Å²) < 4.78 is 0. The van der Waals surface area contributed by atoms with E-state index in [1.165, 1.54) is 32.1 Å². The van der Waals surface area contributed by atoms with Crippen molar-refractivity contribution in [2.45, 2.75) is 50.7 Å². The number of nitrogens with two attached hydrogens (primary N) is 1. The van der Waals surface area contributed by atoms with E-state index in [1.54, 1.807) is 6.20 Å². The summed E-state index contributed by atoms with van der Waals surface area (Å²) in [5.74, 6) is 1.97. The third-order valence-electron chi connectivity index (χ3n) is 5.28. The fourth-order valence-electron chi connectivity index (χ4n) is 3.63. The lowest BCUT2D eigenvalue weighted by atomic mass is 9.89. The second kappa shape index (κ2) is 9.88. The molecule has 1 aromatic heterocycles. The molecular formula is C19H35N9. The number of nitrogens with one attached hydrogen (secondary N) is 4. The van der Waals surface area contributed by atoms with Gasteiger partial charge in [0.05, 0.1) is 0 Å². The lowest BCUT2D eigenvalue weighted by Crippen LogP contribution is -2.61. The van der Waals surface area contributed by atoms with E-state index in [0.717, 1.165) is 25.5 Å². The van der Waals surface area contributed by atoms with Gasteiger partial charge in [0.1, 0.15) is 5.82 Å². The van der Waals surface area contributed by atoms with Gasteiger partial charge in [-0.2, -0.15) is 4.99 Å². The topological polar surface area (TPSA) is 119 Å². The molecule has 1 unspecified atom stereocenters. The van der Waals surface area contributed by atoms with Gasteiger partial charge in [-0.3, -0.25) is 5.73 Å². The molecule has 1 saturated carbocycles. The molecule has 1 aliphatic carbocycles. The Morgan fingerprint density at radius 1 is 1.25 bits per heavy atom. The third kappa shape index (κ3) is 6.49. The van der Waals surface area contributed by atoms with Crippen LogP contribution < -0.4 is 21.7 Å². The molecule has 1 aromatic rings. The SMILES string of the molecule is CN(C)CCNC1=NC(NCC2CCCCC2)=NC(N)(CCc2ncc[nH]2)N1. The smallest absolute Gasteiger partial charge is 0.224 e. The van der Waals surface area contributed by atoms with Crippen LogP contribution in [0.15, 0.2) is 22.4 Å². The summed E-state index contributed by atoms with van der Waals surface area (Å²) in [6, 6.07) is 0. The van der Waals surface area contributed by atoms with Crippen molar-refractivity contribution >= 4 is 11.9 Å². The maximum atomic E-state index is 6.59. The Morgan fingerprint density at radius 3 is 2.79 bits per heavy atom. The molecule has 9 heteroatoms. The highest BCUT2D eigenvalue weighted by Crippen LogP contribution is 2.23. The Hall–Kier alpha value is -2.13. The van der Waals surface area contributed by atoms with Gasteiger partial charge in [-0.25, -0.2) is 9.98 Å². The van der Waals surface area contributed by atoms with Gasteiger partial charge in [0.15, 0.2) is 5.79 Å². The Balaban J connectivity index is 1.62. The molecule has 1 atom stereocenters. The van der Waals surface area contributed by atoms with E-state index < -0.39 is 5.79 Å². The minimum absolute atomic E-state index is 0.610. The maximum absolute atomic E-state index is 6.59. The van der Waals surface area contributed by atoms with Gasteiger partial charge in [0, 0.05) is 44.9 Å². The van der Waals surface area contributed by atoms with Crippen LogP contribution in [0.5, 0.6) is 0 Å². The molecule has 3 rings (SSSR count). The molecule has 0 saturated heterocycles. The number of hydrogen-bond acceptors (Lipinski definition) is 8. The summed E-state index contributed by atoms with van der Waals surface area (Å²) in [7, 11) is 4.10. The first-order chi connectivity index (χ1) is 13.5. The molecule has 6 N–H and O–H groups in total. The van der Waals surface area contributed by atoms with Gasteiger partial charge in [-0.05, 0) is 32.9 Å². The molecule has 1 aliphatic heterocycles. The number of likely N-dealkylation sites (N-methyl/N-ethyl adjacent to an activating group) is 1. The predicted octanol–water partition coefficient (Wildman–Crippen LogP) is 0.591. The number of aliphatic imine (C=N–C) groups is 2. The van der Waals surface area contributed by atoms with Crippen molar-refractivity contribution in [3.63, 3.8) is 0 Å². The van der Waals surface area contributed by atoms with Gasteiger partial charge in [0.25, 0.3) is 0 Å². The van der Waals surface area contributed by atoms with E-state index in [2.05, 4.69) is 40.8 Å². The van der Waals surface area contributed by atoms with E-state index in [1.807, 2.05) is 20.3 Å². The van der Waals surface area contributed by atoms with Crippen molar-refractivity contribution in [2.75, 3.05) is 33.7 Å². The highest BCUT2D eigenvalue weighted by molar-refractivity contribution is 5.97. The van der Waals surface area contributed by atoms with E-state index in [4.69, 9.17) is 5.73 Å². The number of H-pyrrole nitrogens is 1. The van der Waals surface area contributed by atoms with Gasteiger partial charge < -0.3 is 25.8 Å². The van der Waals surface area contributed by atoms with Crippen LogP contribution >= 0.6 is 0 Å². The molecule has 156 valence electrons. The fourth-order valence-corrected chi connectivity index (χ4v) is 3.63. The number of guanidine groups is 2. The number of aromatic amines is 1. The molecule has 0 amide bonds. The second-order valence-corrected chi connectivity index (χ2v) is 8.10. The first-order valence-corrected chi connectivity index (χ1v) is 10.4. The molecule has 0 spiro atoms. The van der Waals surface area contributed by atoms with Gasteiger partial charge >= 0.3 is 0 Å². The van der Waals surface area contributed by atoms with Crippen LogP contribution in [0.1, 0.15) is 44.3 Å². The van der Waals surface area contributed by atoms with Crippen molar-refractivity contribution in [1.29, 1.82) is 0 Å². The number of nitrogens with zero attached hydrogens (tertiary/aromatic N) is 4. The summed E-state index contributed by atoms with van der Waals surface area (Å²) in [5, 5.41) is 10.0. The highest BCUT2D eigenvalue weighted by Gasteiger charge is 2.30. The van der Waals surface area contributed by atoms with Crippen molar-refractivity contribution in [3.05, 3.63) is 18.2 Å². The van der Waals surface area contributed by atoms with Crippen LogP contribution in [-0.4, -0.2) is 66.3 Å². The normalized spacial score (nSPS) is 23.1. The largest absolute Gasteiger partial charge is 0.355 e. The lowest BCUT2D eigenvalue weighted by molar-refractivity contribution is 0.348. The number of rotatable bonds is 8. The van der Waals surface area contributed by atoms with Crippen molar-refractivity contribution in [2.24, 2.45) is 21.6 Å². The third-order valence-corrected chi connectivity index (χ3v) is 5.28. The molecule has 28 heavy (non-hydrogen) atoms. The fraction of sp³-hybridized carbons (Fsp3) is 0.737. The van der Waals surface area contributed by atoms with Crippen LogP contribution in [0.2, 0.25) is 0 Å². The summed E-state index contributed by atoms with van der Waals surface area (Å²) in [6.07, 6.45) is 11.5. The second-order valence-electron chi connectivity index (χ2n) is 8.10. The molecule has 0 radical (unpaired) electrons. The van der Waals surface area contributed by atoms with Crippen LogP contribution in [-0.2, 0) is 6.42 Å². The number of aromatic nitrogens is 2. The molecule has 0 aromatic carbocycles. The molecule has 2 heterocycles. The Kier molecular flexibility index (Phi) is 7.27. The van der Waals surface area contributed by atoms with E-state index in [0.29, 0.717) is 30.7 Å². The van der Waals surface area contributed by atoms with E-state index in [-0.39, 0.29) is 0 Å². The highest BCUT2D eigenvalue weighted by atomic mass is 15.4. The Labute approximate surface area is 167 Å². The number of hydrogen-bond donors (Lipinski definition) is 5. The summed E-state index contributed by atoms with van der Waals surface area (Å²) in [5.41, 5.74) is 6.59. The first kappa shape index (κ1) is 20.6. The predicted molar refractivity (Wildman–Crippen MR) is 113 cm³/mol. The Bertz CT molecular complexity index is 646. The first-order valence-electron chi connectivity index (χ1n) is 10.4. The monoisotopic (exact) mass is 389 g/mol. The van der Waals surface area contributed by atoms with Crippen molar-refractivity contribution < 1.29 is 0 Å². The standard InChI is InChI=1S/C19H35N9/c1-28(2)13-12-23-17-25-18(24-14-15-6-4-3-5-7-15)27-19(20,26-17)9-8-16-21-10-11-22-16/h10-11,15H,3-9,12-14,20H2,1-2H3,(H,21,22)(H3,23,24,25,26,27). The van der Waals surface area contributed by atoms with E-state index in [9.17, 15) is 0 Å². The Morgan fingerprint density at radius 2 is 2.07 bits per heavy atom. The van der Waals surface area contributed by atoms with Crippen LogP contribution in [0.3, 0.4) is 0 Å². The zero-order valence-electron chi connectivity index (χ0n) is 17.2. The minimum Gasteiger partial charge on any atom is -0.355 e. The van der Waals surface area contributed by atoms with Gasteiger partial charge in [-0.1, -0.05) is 19.3 Å². The van der Waals surface area contributed by atoms with Crippen LogP contribution in [0.25, 0.3) is 0 Å². The van der Waals surface area contributed by atoms with Crippen molar-refractivity contribution in [1.82, 2.24) is 30.8 Å². The van der Waals surface area contributed by atoms with Crippen molar-refractivity contribution in [3.8, 4) is 0 Å². The summed E-state index contributed by atoms with van der Waals surface area (Å²) in [6.45, 7) is 2.59. The number of imidazole rings is 1. The van der Waals surface area contributed by atoms with Crippen LogP contribution in [0, 0.1) is 5.92 Å². The quantitative estimate of drug-likeness (QED) is 0.444. The molecule has 0 bridgehead atoms. The lowest BCUT2D eigenvalue weighted by Gasteiger charge is -2.32. The average Bonchev–Trinajstić information content (AvgIpc) is 3.19. The molecule has 9 nitrogen and oxygen atoms in total. The average molecular weight is 390 g/mol. The van der Waals surface area contributed by atoms with E-state index >= 15 is 0 Å². The molecule has 1 fully saturated rings. The summed E-state index contributed by atoms with van der Waals surface area (Å²) in [4.78, 5) is 18.8. The zero-order chi connectivity index (χ0) is 19.8. The number of aryl methyl sites for hydroxylation is 1. The maximum Gasteiger partial charge on any atom is 0.224 e.